The third kappa shape index (κ3) is 4.67. The molecule has 0 bridgehead atoms. The van der Waals surface area contributed by atoms with Crippen molar-refractivity contribution in [3.8, 4) is 0 Å². The van der Waals surface area contributed by atoms with Crippen LogP contribution < -0.4 is 10.6 Å². The van der Waals surface area contributed by atoms with Crippen molar-refractivity contribution in [1.29, 1.82) is 0 Å². The lowest BCUT2D eigenvalue weighted by atomic mass is 10.00. The van der Waals surface area contributed by atoms with Crippen molar-refractivity contribution in [1.82, 2.24) is 0 Å². The second-order valence-corrected chi connectivity index (χ2v) is 5.35. The maximum absolute atomic E-state index is 5.97. The molecule has 0 saturated heterocycles. The van der Waals surface area contributed by atoms with Gasteiger partial charge in [-0.25, -0.2) is 0 Å². The number of anilines is 1. The Morgan fingerprint density at radius 2 is 2.00 bits per heavy atom. The molecule has 1 rings (SSSR count). The van der Waals surface area contributed by atoms with Crippen LogP contribution in [-0.2, 0) is 0 Å². The zero-order valence-electron chi connectivity index (χ0n) is 11.0. The predicted octanol–water partition coefficient (Wildman–Crippen LogP) is 2.95. The molecule has 0 heterocycles. The molecule has 90 valence electrons. The van der Waals surface area contributed by atoms with Gasteiger partial charge in [0.05, 0.1) is 0 Å². The molecule has 0 radical (unpaired) electrons. The van der Waals surface area contributed by atoms with Crippen LogP contribution in [-0.4, -0.2) is 19.1 Å². The molecule has 0 saturated carbocycles. The van der Waals surface area contributed by atoms with Gasteiger partial charge in [0.25, 0.3) is 0 Å². The molecule has 0 amide bonds. The van der Waals surface area contributed by atoms with Crippen LogP contribution >= 0.6 is 0 Å². The van der Waals surface area contributed by atoms with Crippen LogP contribution in [0.5, 0.6) is 0 Å². The van der Waals surface area contributed by atoms with E-state index in [2.05, 4.69) is 57.0 Å². The Bertz CT molecular complexity index is 326. The van der Waals surface area contributed by atoms with E-state index in [1.807, 2.05) is 0 Å². The quantitative estimate of drug-likeness (QED) is 0.826. The smallest absolute Gasteiger partial charge is 0.0366 e. The number of nitrogens with zero attached hydrogens (tertiary/aromatic N) is 1. The second kappa shape index (κ2) is 5.35. The SMILES string of the molecule is Cc1cccc(N(C)CCCC(C)(C)N)c1. The number of aryl methyl sites for hydroxylation is 1. The third-order valence-electron chi connectivity index (χ3n) is 2.76. The number of nitrogens with two attached hydrogens (primary N) is 1. The van der Waals surface area contributed by atoms with Crippen molar-refractivity contribution >= 4 is 5.69 Å². The number of hydrogen-bond acceptors (Lipinski definition) is 2. The minimum absolute atomic E-state index is 0.0482. The summed E-state index contributed by atoms with van der Waals surface area (Å²) in [5.74, 6) is 0. The Morgan fingerprint density at radius 3 is 2.56 bits per heavy atom. The highest BCUT2D eigenvalue weighted by Crippen LogP contribution is 2.15. The van der Waals surface area contributed by atoms with Gasteiger partial charge in [0.1, 0.15) is 0 Å². The van der Waals surface area contributed by atoms with Gasteiger partial charge in [-0.3, -0.25) is 0 Å². The zero-order valence-corrected chi connectivity index (χ0v) is 11.0. The highest BCUT2D eigenvalue weighted by Gasteiger charge is 2.10. The normalized spacial score (nSPS) is 11.6. The summed E-state index contributed by atoms with van der Waals surface area (Å²) < 4.78 is 0. The summed E-state index contributed by atoms with van der Waals surface area (Å²) in [6.07, 6.45) is 2.19. The van der Waals surface area contributed by atoms with Gasteiger partial charge in [-0.15, -0.1) is 0 Å². The summed E-state index contributed by atoms with van der Waals surface area (Å²) >= 11 is 0. The molecule has 2 N–H and O–H groups in total. The van der Waals surface area contributed by atoms with Gasteiger partial charge in [0.15, 0.2) is 0 Å². The van der Waals surface area contributed by atoms with Crippen LogP contribution in [0.25, 0.3) is 0 Å². The predicted molar refractivity (Wildman–Crippen MR) is 71.9 cm³/mol. The maximum atomic E-state index is 5.97. The van der Waals surface area contributed by atoms with Crippen LogP contribution in [0.4, 0.5) is 5.69 Å². The Morgan fingerprint density at radius 1 is 1.31 bits per heavy atom. The molecule has 0 fully saturated rings. The fourth-order valence-electron chi connectivity index (χ4n) is 1.77. The van der Waals surface area contributed by atoms with Crippen molar-refractivity contribution in [2.75, 3.05) is 18.5 Å². The average molecular weight is 220 g/mol. The molecule has 0 aliphatic carbocycles. The van der Waals surface area contributed by atoms with Crippen molar-refractivity contribution in [3.05, 3.63) is 29.8 Å². The van der Waals surface area contributed by atoms with Gasteiger partial charge < -0.3 is 10.6 Å². The van der Waals surface area contributed by atoms with Crippen molar-refractivity contribution in [2.24, 2.45) is 5.73 Å². The summed E-state index contributed by atoms with van der Waals surface area (Å²) in [6, 6.07) is 8.60. The molecule has 0 unspecified atom stereocenters. The second-order valence-electron chi connectivity index (χ2n) is 5.35. The third-order valence-corrected chi connectivity index (χ3v) is 2.76. The number of rotatable bonds is 5. The van der Waals surface area contributed by atoms with E-state index >= 15 is 0 Å². The van der Waals surface area contributed by atoms with E-state index in [0.717, 1.165) is 19.4 Å². The largest absolute Gasteiger partial charge is 0.375 e. The Balaban J connectivity index is 2.44. The van der Waals surface area contributed by atoms with Gasteiger partial charge in [0, 0.05) is 24.8 Å². The van der Waals surface area contributed by atoms with Gasteiger partial charge in [-0.2, -0.15) is 0 Å². The molecule has 16 heavy (non-hydrogen) atoms. The van der Waals surface area contributed by atoms with Gasteiger partial charge in [0.2, 0.25) is 0 Å². The fraction of sp³-hybridized carbons (Fsp3) is 0.571. The van der Waals surface area contributed by atoms with Gasteiger partial charge in [-0.1, -0.05) is 12.1 Å². The Labute approximate surface area is 99.5 Å². The lowest BCUT2D eigenvalue weighted by Gasteiger charge is -2.23. The molecule has 2 heteroatoms. The molecular weight excluding hydrogens is 196 g/mol. The van der Waals surface area contributed by atoms with E-state index in [1.165, 1.54) is 11.3 Å². The molecular formula is C14H24N2. The molecule has 0 aliphatic rings. The maximum Gasteiger partial charge on any atom is 0.0366 e. The highest BCUT2D eigenvalue weighted by molar-refractivity contribution is 5.47. The number of hydrogen-bond donors (Lipinski definition) is 1. The summed E-state index contributed by atoms with van der Waals surface area (Å²) in [4.78, 5) is 2.29. The first kappa shape index (κ1) is 13.0. The van der Waals surface area contributed by atoms with Crippen molar-refractivity contribution in [2.45, 2.75) is 39.2 Å². The standard InChI is InChI=1S/C14H24N2/c1-12-7-5-8-13(11-12)16(4)10-6-9-14(2,3)15/h5,7-8,11H,6,9-10,15H2,1-4H3. The molecule has 1 aromatic carbocycles. The molecule has 0 aromatic heterocycles. The summed E-state index contributed by atoms with van der Waals surface area (Å²) in [5.41, 5.74) is 8.51. The minimum Gasteiger partial charge on any atom is -0.375 e. The highest BCUT2D eigenvalue weighted by atomic mass is 15.1. The van der Waals surface area contributed by atoms with Crippen LogP contribution in [0, 0.1) is 6.92 Å². The summed E-state index contributed by atoms with van der Waals surface area (Å²) in [5, 5.41) is 0. The van der Waals surface area contributed by atoms with Crippen molar-refractivity contribution in [3.63, 3.8) is 0 Å². The van der Waals surface area contributed by atoms with Crippen LogP contribution in [0.2, 0.25) is 0 Å². The van der Waals surface area contributed by atoms with Crippen molar-refractivity contribution < 1.29 is 0 Å². The molecule has 0 atom stereocenters. The first-order chi connectivity index (χ1) is 7.38. The van der Waals surface area contributed by atoms with E-state index in [1.54, 1.807) is 0 Å². The van der Waals surface area contributed by atoms with E-state index in [4.69, 9.17) is 5.73 Å². The summed E-state index contributed by atoms with van der Waals surface area (Å²) in [6.45, 7) is 7.35. The molecule has 1 aromatic rings. The average Bonchev–Trinajstić information content (AvgIpc) is 2.15. The minimum atomic E-state index is -0.0482. The van der Waals surface area contributed by atoms with E-state index < -0.39 is 0 Å². The van der Waals surface area contributed by atoms with E-state index in [9.17, 15) is 0 Å². The fourth-order valence-corrected chi connectivity index (χ4v) is 1.77. The topological polar surface area (TPSA) is 29.3 Å². The lowest BCUT2D eigenvalue weighted by Crippen LogP contribution is -2.33. The van der Waals surface area contributed by atoms with Gasteiger partial charge >= 0.3 is 0 Å². The van der Waals surface area contributed by atoms with Crippen LogP contribution in [0.3, 0.4) is 0 Å². The first-order valence-corrected chi connectivity index (χ1v) is 5.95. The molecule has 0 spiro atoms. The van der Waals surface area contributed by atoms with E-state index in [0.29, 0.717) is 0 Å². The lowest BCUT2D eigenvalue weighted by molar-refractivity contribution is 0.460. The monoisotopic (exact) mass is 220 g/mol. The Hall–Kier alpha value is -1.02. The first-order valence-electron chi connectivity index (χ1n) is 5.95. The van der Waals surface area contributed by atoms with Gasteiger partial charge in [-0.05, 0) is 51.3 Å². The molecule has 2 nitrogen and oxygen atoms in total. The number of benzene rings is 1. The van der Waals surface area contributed by atoms with Crippen LogP contribution in [0.1, 0.15) is 32.3 Å². The zero-order chi connectivity index (χ0) is 12.2. The summed E-state index contributed by atoms with van der Waals surface area (Å²) in [7, 11) is 2.14. The molecule has 0 aliphatic heterocycles. The Kier molecular flexibility index (Phi) is 4.36. The van der Waals surface area contributed by atoms with Crippen LogP contribution in [0.15, 0.2) is 24.3 Å². The van der Waals surface area contributed by atoms with E-state index in [-0.39, 0.29) is 5.54 Å².